The molecule has 0 aliphatic carbocycles. The number of likely N-dealkylation sites (N-methyl/N-ethyl adjacent to an activating group) is 1. The van der Waals surface area contributed by atoms with E-state index in [0.717, 1.165) is 0 Å². The van der Waals surface area contributed by atoms with Crippen LogP contribution in [0.25, 0.3) is 0 Å². The van der Waals surface area contributed by atoms with Crippen LogP contribution < -0.4 is 20.7 Å². The van der Waals surface area contributed by atoms with Gasteiger partial charge in [0.15, 0.2) is 11.6 Å². The number of methoxy groups -OCH3 is 1. The minimum Gasteiger partial charge on any atom is -0.490 e. The summed E-state index contributed by atoms with van der Waals surface area (Å²) in [5, 5.41) is 8.46. The average molecular weight is 239 g/mol. The van der Waals surface area contributed by atoms with E-state index in [9.17, 15) is 4.79 Å². The van der Waals surface area contributed by atoms with Crippen molar-refractivity contribution in [2.45, 2.75) is 6.92 Å². The monoisotopic (exact) mass is 239 g/mol. The lowest BCUT2D eigenvalue weighted by Gasteiger charge is -2.12. The first kappa shape index (κ1) is 13.0. The molecule has 7 heteroatoms. The summed E-state index contributed by atoms with van der Waals surface area (Å²) in [7, 11) is 3.26. The number of ether oxygens (including phenoxy) is 1. The van der Waals surface area contributed by atoms with Crippen LogP contribution in [0.2, 0.25) is 0 Å². The van der Waals surface area contributed by atoms with Crippen LogP contribution in [0.4, 0.5) is 11.6 Å². The molecule has 0 spiro atoms. The van der Waals surface area contributed by atoms with Crippen LogP contribution in [0.5, 0.6) is 5.75 Å². The van der Waals surface area contributed by atoms with Crippen molar-refractivity contribution in [2.75, 3.05) is 37.9 Å². The first-order valence-electron chi connectivity index (χ1n) is 5.30. The molecule has 0 aliphatic heterocycles. The van der Waals surface area contributed by atoms with Gasteiger partial charge in [-0.05, 0) is 6.92 Å². The molecule has 0 atom stereocenters. The smallest absolute Gasteiger partial charge is 0.239 e. The van der Waals surface area contributed by atoms with Gasteiger partial charge in [0.05, 0.1) is 13.7 Å². The van der Waals surface area contributed by atoms with E-state index in [1.807, 2.05) is 6.92 Å². The molecule has 0 aliphatic rings. The topological polar surface area (TPSA) is 88.2 Å². The van der Waals surface area contributed by atoms with E-state index in [4.69, 9.17) is 4.74 Å². The second-order valence-corrected chi connectivity index (χ2v) is 3.16. The van der Waals surface area contributed by atoms with E-state index in [0.29, 0.717) is 23.9 Å². The molecule has 1 rings (SSSR count). The van der Waals surface area contributed by atoms with Crippen LogP contribution in [-0.4, -0.2) is 43.1 Å². The zero-order chi connectivity index (χ0) is 12.7. The van der Waals surface area contributed by atoms with Crippen molar-refractivity contribution >= 4 is 17.5 Å². The van der Waals surface area contributed by atoms with Crippen LogP contribution in [-0.2, 0) is 4.79 Å². The third kappa shape index (κ3) is 3.47. The van der Waals surface area contributed by atoms with E-state index in [1.165, 1.54) is 13.4 Å². The molecule has 0 saturated heterocycles. The molecule has 7 nitrogen and oxygen atoms in total. The molecule has 1 aromatic rings. The molecule has 1 heterocycles. The van der Waals surface area contributed by atoms with Gasteiger partial charge in [-0.25, -0.2) is 9.97 Å². The zero-order valence-electron chi connectivity index (χ0n) is 10.2. The van der Waals surface area contributed by atoms with Crippen molar-refractivity contribution < 1.29 is 9.53 Å². The first-order chi connectivity index (χ1) is 8.22. The van der Waals surface area contributed by atoms with Gasteiger partial charge in [0, 0.05) is 13.6 Å². The van der Waals surface area contributed by atoms with Gasteiger partial charge in [0.2, 0.25) is 11.7 Å². The maximum atomic E-state index is 11.3. The second kappa shape index (κ2) is 6.51. The molecule has 0 fully saturated rings. The van der Waals surface area contributed by atoms with Gasteiger partial charge in [0.1, 0.15) is 6.33 Å². The normalized spacial score (nSPS) is 9.59. The van der Waals surface area contributed by atoms with Crippen molar-refractivity contribution in [1.29, 1.82) is 0 Å². The van der Waals surface area contributed by atoms with E-state index >= 15 is 0 Å². The summed E-state index contributed by atoms with van der Waals surface area (Å²) in [4.78, 5) is 19.3. The van der Waals surface area contributed by atoms with E-state index in [-0.39, 0.29) is 12.5 Å². The van der Waals surface area contributed by atoms with Gasteiger partial charge < -0.3 is 20.7 Å². The van der Waals surface area contributed by atoms with Gasteiger partial charge in [-0.15, -0.1) is 0 Å². The number of amides is 1. The minimum atomic E-state index is -0.0980. The minimum absolute atomic E-state index is 0.0980. The average Bonchev–Trinajstić information content (AvgIpc) is 2.36. The zero-order valence-corrected chi connectivity index (χ0v) is 10.2. The molecule has 3 N–H and O–H groups in total. The van der Waals surface area contributed by atoms with Crippen LogP contribution in [0.1, 0.15) is 6.92 Å². The van der Waals surface area contributed by atoms with E-state index in [2.05, 4.69) is 25.9 Å². The van der Waals surface area contributed by atoms with Crippen LogP contribution in [0, 0.1) is 0 Å². The number of rotatable bonds is 6. The summed E-state index contributed by atoms with van der Waals surface area (Å²) in [5.74, 6) is 1.44. The highest BCUT2D eigenvalue weighted by Crippen LogP contribution is 2.27. The number of hydrogen-bond donors (Lipinski definition) is 3. The molecule has 17 heavy (non-hydrogen) atoms. The fraction of sp³-hybridized carbons (Fsp3) is 0.500. The quantitative estimate of drug-likeness (QED) is 0.651. The highest BCUT2D eigenvalue weighted by molar-refractivity contribution is 5.81. The second-order valence-electron chi connectivity index (χ2n) is 3.16. The molecule has 0 unspecified atom stereocenters. The third-order valence-corrected chi connectivity index (χ3v) is 2.04. The summed E-state index contributed by atoms with van der Waals surface area (Å²) in [6.45, 7) is 2.61. The Kier molecular flexibility index (Phi) is 4.99. The Labute approximate surface area is 100.0 Å². The molecule has 0 bridgehead atoms. The lowest BCUT2D eigenvalue weighted by Crippen LogP contribution is -2.29. The van der Waals surface area contributed by atoms with Crippen molar-refractivity contribution in [3.8, 4) is 5.75 Å². The number of nitrogens with one attached hydrogen (secondary N) is 3. The predicted molar refractivity (Wildman–Crippen MR) is 65.3 cm³/mol. The highest BCUT2D eigenvalue weighted by Gasteiger charge is 2.11. The lowest BCUT2D eigenvalue weighted by molar-refractivity contribution is -0.119. The Hall–Kier alpha value is -2.05. The lowest BCUT2D eigenvalue weighted by atomic mass is 10.4. The molecular weight excluding hydrogens is 222 g/mol. The molecule has 0 aromatic carbocycles. The summed E-state index contributed by atoms with van der Waals surface area (Å²) in [6, 6.07) is 0. The third-order valence-electron chi connectivity index (χ3n) is 2.04. The molecule has 0 radical (unpaired) electrons. The van der Waals surface area contributed by atoms with Crippen molar-refractivity contribution in [3.05, 3.63) is 6.33 Å². The van der Waals surface area contributed by atoms with Crippen molar-refractivity contribution in [2.24, 2.45) is 0 Å². The Morgan fingerprint density at radius 2 is 2.12 bits per heavy atom. The Morgan fingerprint density at radius 3 is 2.71 bits per heavy atom. The van der Waals surface area contributed by atoms with Crippen molar-refractivity contribution in [1.82, 2.24) is 15.3 Å². The maximum Gasteiger partial charge on any atom is 0.239 e. The molecule has 1 aromatic heterocycles. The fourth-order valence-corrected chi connectivity index (χ4v) is 1.29. The number of carbonyl (C=O) groups excluding carboxylic acids is 1. The van der Waals surface area contributed by atoms with Gasteiger partial charge in [-0.3, -0.25) is 4.79 Å². The largest absolute Gasteiger partial charge is 0.490 e. The molecule has 0 saturated carbocycles. The van der Waals surface area contributed by atoms with Gasteiger partial charge in [-0.2, -0.15) is 0 Å². The molecule has 94 valence electrons. The summed E-state index contributed by atoms with van der Waals surface area (Å²) >= 11 is 0. The molecular formula is C10H17N5O2. The van der Waals surface area contributed by atoms with E-state index < -0.39 is 0 Å². The number of nitrogens with zero attached hydrogens (tertiary/aromatic N) is 2. The van der Waals surface area contributed by atoms with E-state index in [1.54, 1.807) is 7.05 Å². The summed E-state index contributed by atoms with van der Waals surface area (Å²) < 4.78 is 5.18. The van der Waals surface area contributed by atoms with Gasteiger partial charge >= 0.3 is 0 Å². The number of carbonyl (C=O) groups is 1. The van der Waals surface area contributed by atoms with Gasteiger partial charge in [0.25, 0.3) is 0 Å². The first-order valence-corrected chi connectivity index (χ1v) is 5.30. The Bertz CT molecular complexity index is 383. The van der Waals surface area contributed by atoms with Gasteiger partial charge in [-0.1, -0.05) is 0 Å². The summed E-state index contributed by atoms with van der Waals surface area (Å²) in [5.41, 5.74) is 0. The predicted octanol–water partition coefficient (Wildman–Crippen LogP) is 0.0749. The van der Waals surface area contributed by atoms with Crippen LogP contribution in [0.15, 0.2) is 6.33 Å². The Morgan fingerprint density at radius 1 is 1.41 bits per heavy atom. The highest BCUT2D eigenvalue weighted by atomic mass is 16.5. The summed E-state index contributed by atoms with van der Waals surface area (Å²) in [6.07, 6.45) is 1.40. The standard InChI is InChI=1S/C10H17N5O2/c1-4-12-7(16)5-13-10-8(17-3)9(11-2)14-6-15-10/h6H,4-5H2,1-3H3,(H,12,16)(H2,11,13,14,15). The number of anilines is 2. The maximum absolute atomic E-state index is 11.3. The molecule has 1 amide bonds. The number of aromatic nitrogens is 2. The van der Waals surface area contributed by atoms with Crippen molar-refractivity contribution in [3.63, 3.8) is 0 Å². The Balaban J connectivity index is 2.73. The van der Waals surface area contributed by atoms with Crippen LogP contribution >= 0.6 is 0 Å². The number of hydrogen-bond acceptors (Lipinski definition) is 6. The van der Waals surface area contributed by atoms with Crippen LogP contribution in [0.3, 0.4) is 0 Å². The SMILES string of the molecule is CCNC(=O)CNc1ncnc(NC)c1OC. The fourth-order valence-electron chi connectivity index (χ4n) is 1.29.